The molecule has 11 nitrogen and oxygen atoms in total. The summed E-state index contributed by atoms with van der Waals surface area (Å²) in [5.74, 6) is 2.08. The average molecular weight is 463 g/mol. The molecule has 0 saturated carbocycles. The number of methoxy groups -OCH3 is 2. The number of fused-ring (bicyclic) bond motifs is 1. The quantitative estimate of drug-likeness (QED) is 0.400. The molecule has 0 bridgehead atoms. The number of benzene rings is 1. The molecule has 3 aromatic heterocycles. The molecule has 0 fully saturated rings. The van der Waals surface area contributed by atoms with E-state index in [1.54, 1.807) is 38.7 Å². The minimum atomic E-state index is -0.256. The lowest BCUT2D eigenvalue weighted by molar-refractivity contribution is -0.116. The highest BCUT2D eigenvalue weighted by Gasteiger charge is 2.14. The van der Waals surface area contributed by atoms with Crippen LogP contribution in [0.15, 0.2) is 49.2 Å². The summed E-state index contributed by atoms with van der Waals surface area (Å²) in [7, 11) is 7.07. The van der Waals surface area contributed by atoms with Crippen LogP contribution < -0.4 is 19.5 Å². The van der Waals surface area contributed by atoms with E-state index in [2.05, 4.69) is 25.4 Å². The van der Waals surface area contributed by atoms with Crippen molar-refractivity contribution in [1.29, 1.82) is 0 Å². The SMILES string of the molecule is COc1cc2ncnc(Oc3cnn(CC(=O)Nc4cc(CN(C)C)ccn4)c3)c2cc1OC. The van der Waals surface area contributed by atoms with E-state index in [0.29, 0.717) is 39.8 Å². The first-order chi connectivity index (χ1) is 16.4. The molecule has 0 aliphatic rings. The molecule has 1 N–H and O–H groups in total. The molecular weight excluding hydrogens is 438 g/mol. The molecule has 0 unspecified atom stereocenters. The molecule has 0 radical (unpaired) electrons. The van der Waals surface area contributed by atoms with Crippen molar-refractivity contribution >= 4 is 22.6 Å². The van der Waals surface area contributed by atoms with Crippen molar-refractivity contribution in [2.24, 2.45) is 0 Å². The van der Waals surface area contributed by atoms with Gasteiger partial charge in [-0.05, 0) is 37.9 Å². The van der Waals surface area contributed by atoms with Gasteiger partial charge in [-0.2, -0.15) is 5.10 Å². The van der Waals surface area contributed by atoms with Crippen LogP contribution in [0.1, 0.15) is 5.56 Å². The second-order valence-corrected chi connectivity index (χ2v) is 7.71. The fraction of sp³-hybridized carbons (Fsp3) is 0.261. The van der Waals surface area contributed by atoms with E-state index in [1.807, 2.05) is 31.1 Å². The molecular formula is C23H25N7O4. The van der Waals surface area contributed by atoms with Gasteiger partial charge in [0.25, 0.3) is 0 Å². The van der Waals surface area contributed by atoms with Crippen molar-refractivity contribution < 1.29 is 19.0 Å². The first kappa shape index (κ1) is 22.9. The van der Waals surface area contributed by atoms with Crippen LogP contribution in [-0.2, 0) is 17.9 Å². The van der Waals surface area contributed by atoms with Gasteiger partial charge in [-0.25, -0.2) is 15.0 Å². The van der Waals surface area contributed by atoms with Crippen LogP contribution in [-0.4, -0.2) is 63.9 Å². The highest BCUT2D eigenvalue weighted by molar-refractivity contribution is 5.89. The number of ether oxygens (including phenoxy) is 3. The zero-order valence-corrected chi connectivity index (χ0v) is 19.3. The molecule has 0 atom stereocenters. The largest absolute Gasteiger partial charge is 0.493 e. The lowest BCUT2D eigenvalue weighted by Crippen LogP contribution is -2.20. The molecule has 1 aromatic carbocycles. The number of carbonyl (C=O) groups excluding carboxylic acids is 1. The van der Waals surface area contributed by atoms with Crippen LogP contribution in [0.4, 0.5) is 5.82 Å². The van der Waals surface area contributed by atoms with Crippen molar-refractivity contribution in [1.82, 2.24) is 29.6 Å². The zero-order chi connectivity index (χ0) is 24.1. The van der Waals surface area contributed by atoms with E-state index < -0.39 is 0 Å². The fourth-order valence-corrected chi connectivity index (χ4v) is 3.37. The minimum Gasteiger partial charge on any atom is -0.493 e. The van der Waals surface area contributed by atoms with Gasteiger partial charge in [0.15, 0.2) is 17.2 Å². The van der Waals surface area contributed by atoms with E-state index in [-0.39, 0.29) is 12.5 Å². The lowest BCUT2D eigenvalue weighted by atomic mass is 10.2. The Morgan fingerprint density at radius 1 is 1.09 bits per heavy atom. The Balaban J connectivity index is 1.45. The lowest BCUT2D eigenvalue weighted by Gasteiger charge is -2.11. The van der Waals surface area contributed by atoms with Gasteiger partial charge in [-0.1, -0.05) is 0 Å². The molecule has 0 aliphatic heterocycles. The van der Waals surface area contributed by atoms with Crippen molar-refractivity contribution in [3.05, 3.63) is 54.7 Å². The second kappa shape index (κ2) is 10.1. The van der Waals surface area contributed by atoms with Gasteiger partial charge in [0.2, 0.25) is 11.8 Å². The topological polar surface area (TPSA) is 117 Å². The molecule has 0 spiro atoms. The summed E-state index contributed by atoms with van der Waals surface area (Å²) in [5.41, 5.74) is 1.69. The number of hydrogen-bond acceptors (Lipinski definition) is 9. The highest BCUT2D eigenvalue weighted by Crippen LogP contribution is 2.35. The Bertz CT molecular complexity index is 1310. The zero-order valence-electron chi connectivity index (χ0n) is 19.3. The van der Waals surface area contributed by atoms with Gasteiger partial charge in [-0.3, -0.25) is 9.48 Å². The standard InChI is InChI=1S/C23H25N7O4/c1-29(2)11-15-5-6-24-21(7-15)28-22(31)13-30-12-16(10-27-30)34-23-17-8-19(32-3)20(33-4)9-18(17)25-14-26-23/h5-10,12,14H,11,13H2,1-4H3,(H,24,28,31). The Kier molecular flexibility index (Phi) is 6.83. The van der Waals surface area contributed by atoms with Gasteiger partial charge in [0.05, 0.1) is 37.5 Å². The third kappa shape index (κ3) is 5.38. The van der Waals surface area contributed by atoms with Gasteiger partial charge in [0, 0.05) is 18.8 Å². The number of anilines is 1. The predicted octanol–water partition coefficient (Wildman–Crippen LogP) is 2.73. The van der Waals surface area contributed by atoms with Gasteiger partial charge in [0.1, 0.15) is 18.7 Å². The first-order valence-electron chi connectivity index (χ1n) is 10.4. The fourth-order valence-electron chi connectivity index (χ4n) is 3.37. The smallest absolute Gasteiger partial charge is 0.247 e. The third-order valence-electron chi connectivity index (χ3n) is 4.82. The average Bonchev–Trinajstić information content (AvgIpc) is 3.24. The van der Waals surface area contributed by atoms with Crippen LogP contribution >= 0.6 is 0 Å². The van der Waals surface area contributed by atoms with Crippen LogP contribution in [0.25, 0.3) is 10.9 Å². The molecule has 1 amide bonds. The third-order valence-corrected chi connectivity index (χ3v) is 4.82. The maximum Gasteiger partial charge on any atom is 0.247 e. The Morgan fingerprint density at radius 3 is 2.65 bits per heavy atom. The molecule has 0 saturated heterocycles. The van der Waals surface area contributed by atoms with E-state index in [4.69, 9.17) is 14.2 Å². The first-order valence-corrected chi connectivity index (χ1v) is 10.4. The highest BCUT2D eigenvalue weighted by atomic mass is 16.5. The molecule has 3 heterocycles. The Hall–Kier alpha value is -4.25. The molecule has 0 aliphatic carbocycles. The summed E-state index contributed by atoms with van der Waals surface area (Å²) in [6.45, 7) is 0.750. The molecule has 176 valence electrons. The predicted molar refractivity (Wildman–Crippen MR) is 125 cm³/mol. The minimum absolute atomic E-state index is 0.00150. The number of rotatable bonds is 9. The number of hydrogen-bond donors (Lipinski definition) is 1. The maximum absolute atomic E-state index is 12.5. The maximum atomic E-state index is 12.5. The van der Waals surface area contributed by atoms with Crippen LogP contribution in [0.2, 0.25) is 0 Å². The molecule has 11 heteroatoms. The summed E-state index contributed by atoms with van der Waals surface area (Å²) >= 11 is 0. The van der Waals surface area contributed by atoms with Crippen LogP contribution in [0.5, 0.6) is 23.1 Å². The number of carbonyl (C=O) groups is 1. The number of pyridine rings is 1. The number of nitrogens with zero attached hydrogens (tertiary/aromatic N) is 6. The van der Waals surface area contributed by atoms with Crippen LogP contribution in [0.3, 0.4) is 0 Å². The van der Waals surface area contributed by atoms with Crippen LogP contribution in [0, 0.1) is 0 Å². The summed E-state index contributed by atoms with van der Waals surface area (Å²) < 4.78 is 18.1. The van der Waals surface area contributed by atoms with Gasteiger partial charge >= 0.3 is 0 Å². The molecule has 34 heavy (non-hydrogen) atoms. The summed E-state index contributed by atoms with van der Waals surface area (Å²) in [4.78, 5) is 27.2. The Labute approximate surface area is 196 Å². The monoisotopic (exact) mass is 463 g/mol. The summed E-state index contributed by atoms with van der Waals surface area (Å²) in [6.07, 6.45) is 6.20. The van der Waals surface area contributed by atoms with Crippen molar-refractivity contribution in [3.8, 4) is 23.1 Å². The molecule has 4 aromatic rings. The van der Waals surface area contributed by atoms with Crippen molar-refractivity contribution in [2.75, 3.05) is 33.6 Å². The van der Waals surface area contributed by atoms with E-state index in [9.17, 15) is 4.79 Å². The summed E-state index contributed by atoms with van der Waals surface area (Å²) in [6, 6.07) is 7.26. The Morgan fingerprint density at radius 2 is 1.88 bits per heavy atom. The van der Waals surface area contributed by atoms with Crippen molar-refractivity contribution in [3.63, 3.8) is 0 Å². The van der Waals surface area contributed by atoms with E-state index in [0.717, 1.165) is 12.1 Å². The normalized spacial score (nSPS) is 11.0. The number of amides is 1. The molecule has 4 rings (SSSR count). The van der Waals surface area contributed by atoms with E-state index in [1.165, 1.54) is 17.2 Å². The number of nitrogens with one attached hydrogen (secondary N) is 1. The van der Waals surface area contributed by atoms with Crippen molar-refractivity contribution in [2.45, 2.75) is 13.1 Å². The van der Waals surface area contributed by atoms with Gasteiger partial charge in [-0.15, -0.1) is 0 Å². The number of aromatic nitrogens is 5. The van der Waals surface area contributed by atoms with Gasteiger partial charge < -0.3 is 24.4 Å². The second-order valence-electron chi connectivity index (χ2n) is 7.71. The van der Waals surface area contributed by atoms with E-state index >= 15 is 0 Å². The summed E-state index contributed by atoms with van der Waals surface area (Å²) in [5, 5.41) is 7.65.